The van der Waals surface area contributed by atoms with Crippen LogP contribution in [-0.4, -0.2) is 34.7 Å². The first-order valence-corrected chi connectivity index (χ1v) is 13.2. The van der Waals surface area contributed by atoms with E-state index < -0.39 is 5.60 Å². The third-order valence-corrected chi connectivity index (χ3v) is 7.03. The summed E-state index contributed by atoms with van der Waals surface area (Å²) in [6.07, 6.45) is 11.4. The fourth-order valence-corrected chi connectivity index (χ4v) is 5.03. The first-order chi connectivity index (χ1) is 16.8. The van der Waals surface area contributed by atoms with Gasteiger partial charge in [0.15, 0.2) is 0 Å². The Morgan fingerprint density at radius 3 is 2.40 bits per heavy atom. The molecule has 2 aliphatic rings. The minimum absolute atomic E-state index is 0.360. The van der Waals surface area contributed by atoms with Crippen molar-refractivity contribution in [2.24, 2.45) is 5.92 Å². The maximum Gasteiger partial charge on any atom is 0.357 e. The van der Waals surface area contributed by atoms with Crippen molar-refractivity contribution < 1.29 is 9.53 Å². The molecule has 4 rings (SSSR count). The summed E-state index contributed by atoms with van der Waals surface area (Å²) >= 11 is 0. The zero-order valence-corrected chi connectivity index (χ0v) is 21.7. The number of esters is 1. The second-order valence-electron chi connectivity index (χ2n) is 11.1. The lowest BCUT2D eigenvalue weighted by atomic mass is 9.91. The number of nitrogens with one attached hydrogen (secondary N) is 2. The van der Waals surface area contributed by atoms with Crippen molar-refractivity contribution in [1.82, 2.24) is 15.6 Å². The Kier molecular flexibility index (Phi) is 8.40. The molecule has 0 saturated heterocycles. The molecule has 0 bridgehead atoms. The Hall–Kier alpha value is -2.50. The first kappa shape index (κ1) is 25.6. The number of hydrogen-bond donors (Lipinski definition) is 2. The Labute approximate surface area is 210 Å². The summed E-state index contributed by atoms with van der Waals surface area (Å²) in [6, 6.07) is 16.2. The number of hydrogen-bond acceptors (Lipinski definition) is 5. The molecule has 2 aliphatic carbocycles. The molecule has 1 aromatic heterocycles. The van der Waals surface area contributed by atoms with Gasteiger partial charge in [-0.3, -0.25) is 0 Å². The van der Waals surface area contributed by atoms with E-state index in [1.807, 2.05) is 26.8 Å². The van der Waals surface area contributed by atoms with Gasteiger partial charge in [0.25, 0.3) is 0 Å². The summed E-state index contributed by atoms with van der Waals surface area (Å²) in [5, 5.41) is 7.63. The zero-order chi connectivity index (χ0) is 24.8. The van der Waals surface area contributed by atoms with Gasteiger partial charge in [0.2, 0.25) is 0 Å². The monoisotopic (exact) mass is 475 g/mol. The lowest BCUT2D eigenvalue weighted by molar-refractivity contribution is 0.00628. The van der Waals surface area contributed by atoms with E-state index in [9.17, 15) is 4.79 Å². The number of ether oxygens (including phenoxy) is 1. The first-order valence-electron chi connectivity index (χ1n) is 13.2. The van der Waals surface area contributed by atoms with Gasteiger partial charge in [-0.25, -0.2) is 9.78 Å². The third-order valence-electron chi connectivity index (χ3n) is 7.03. The maximum atomic E-state index is 12.1. The lowest BCUT2D eigenvalue weighted by Gasteiger charge is -2.30. The molecule has 0 radical (unpaired) electrons. The molecule has 2 aromatic rings. The van der Waals surface area contributed by atoms with Gasteiger partial charge in [-0.15, -0.1) is 0 Å². The summed E-state index contributed by atoms with van der Waals surface area (Å²) in [5.74, 6) is 0.328. The second-order valence-corrected chi connectivity index (χ2v) is 11.1. The fraction of sp³-hybridized carbons (Fsp3) is 0.533. The topological polar surface area (TPSA) is 63.2 Å². The smallest absolute Gasteiger partial charge is 0.357 e. The number of rotatable bonds is 9. The number of pyridine rings is 1. The van der Waals surface area contributed by atoms with Crippen molar-refractivity contribution in [1.29, 1.82) is 0 Å². The highest BCUT2D eigenvalue weighted by atomic mass is 16.6. The van der Waals surface area contributed by atoms with Crippen molar-refractivity contribution in [2.45, 2.75) is 96.5 Å². The van der Waals surface area contributed by atoms with Gasteiger partial charge in [0.05, 0.1) is 0 Å². The van der Waals surface area contributed by atoms with Crippen LogP contribution in [0, 0.1) is 5.92 Å². The molecule has 0 spiro atoms. The Morgan fingerprint density at radius 2 is 1.77 bits per heavy atom. The average Bonchev–Trinajstić information content (AvgIpc) is 3.61. The standard InChI is InChI=1S/C30H41N3O2/c1-5-23(17-21-9-7-6-8-10-21)26-18-28(26)33-25-14-12-24(13-15-25)31-19-22-11-16-27(32-20-22)29(34)35-30(2,3)4/h6-11,16-17,20,24-26,28,31,33H,5,12-15,18-19H2,1-4H3/b23-17+/t24?,25?,26-,28+/m0/s1. The molecule has 2 saturated carbocycles. The molecule has 1 aromatic carbocycles. The molecule has 2 N–H and O–H groups in total. The van der Waals surface area contributed by atoms with Gasteiger partial charge in [0, 0.05) is 30.9 Å². The van der Waals surface area contributed by atoms with E-state index >= 15 is 0 Å². The third kappa shape index (κ3) is 7.74. The fourth-order valence-electron chi connectivity index (χ4n) is 5.03. The molecule has 0 amide bonds. The van der Waals surface area contributed by atoms with Gasteiger partial charge < -0.3 is 15.4 Å². The van der Waals surface area contributed by atoms with Crippen LogP contribution in [-0.2, 0) is 11.3 Å². The largest absolute Gasteiger partial charge is 0.455 e. The van der Waals surface area contributed by atoms with Gasteiger partial charge >= 0.3 is 5.97 Å². The molecule has 5 nitrogen and oxygen atoms in total. The molecule has 2 fully saturated rings. The quantitative estimate of drug-likeness (QED) is 0.442. The van der Waals surface area contributed by atoms with Crippen LogP contribution in [0.2, 0.25) is 0 Å². The highest BCUT2D eigenvalue weighted by Crippen LogP contribution is 2.40. The van der Waals surface area contributed by atoms with E-state index in [0.29, 0.717) is 29.7 Å². The molecule has 2 atom stereocenters. The van der Waals surface area contributed by atoms with Gasteiger partial charge in [-0.1, -0.05) is 55.0 Å². The minimum atomic E-state index is -0.510. The van der Waals surface area contributed by atoms with E-state index in [4.69, 9.17) is 4.74 Å². The SMILES string of the molecule is CC/C(=C\c1ccccc1)[C@@H]1C[C@H]1NC1CCC(NCc2ccc(C(=O)OC(C)(C)C)nc2)CC1. The van der Waals surface area contributed by atoms with Crippen LogP contribution in [0.5, 0.6) is 0 Å². The van der Waals surface area contributed by atoms with Crippen LogP contribution in [0.3, 0.4) is 0 Å². The van der Waals surface area contributed by atoms with Crippen LogP contribution < -0.4 is 10.6 Å². The van der Waals surface area contributed by atoms with Crippen LogP contribution >= 0.6 is 0 Å². The van der Waals surface area contributed by atoms with Crippen molar-refractivity contribution >= 4 is 12.0 Å². The molecule has 1 heterocycles. The van der Waals surface area contributed by atoms with E-state index in [1.165, 1.54) is 37.7 Å². The molecule has 35 heavy (non-hydrogen) atoms. The van der Waals surface area contributed by atoms with Crippen molar-refractivity contribution in [3.63, 3.8) is 0 Å². The Bertz CT molecular complexity index is 987. The number of nitrogens with zero attached hydrogens (tertiary/aromatic N) is 1. The summed E-state index contributed by atoms with van der Waals surface area (Å²) in [5.41, 5.74) is 3.84. The number of benzene rings is 1. The van der Waals surface area contributed by atoms with Crippen LogP contribution in [0.15, 0.2) is 54.2 Å². The van der Waals surface area contributed by atoms with E-state index in [1.54, 1.807) is 17.8 Å². The van der Waals surface area contributed by atoms with Crippen LogP contribution in [0.25, 0.3) is 6.08 Å². The zero-order valence-electron chi connectivity index (χ0n) is 21.7. The molecular weight excluding hydrogens is 434 g/mol. The summed E-state index contributed by atoms with van der Waals surface area (Å²) < 4.78 is 5.39. The van der Waals surface area contributed by atoms with E-state index in [-0.39, 0.29) is 5.97 Å². The number of aromatic nitrogens is 1. The van der Waals surface area contributed by atoms with E-state index in [0.717, 1.165) is 18.5 Å². The van der Waals surface area contributed by atoms with Gasteiger partial charge in [-0.2, -0.15) is 0 Å². The van der Waals surface area contributed by atoms with Crippen LogP contribution in [0.1, 0.15) is 87.8 Å². The molecule has 188 valence electrons. The highest BCUT2D eigenvalue weighted by Gasteiger charge is 2.40. The number of carbonyl (C=O) groups excluding carboxylic acids is 1. The predicted molar refractivity (Wildman–Crippen MR) is 142 cm³/mol. The normalized spacial score (nSPS) is 24.7. The van der Waals surface area contributed by atoms with Gasteiger partial charge in [0.1, 0.15) is 11.3 Å². The van der Waals surface area contributed by atoms with Crippen LogP contribution in [0.4, 0.5) is 0 Å². The van der Waals surface area contributed by atoms with E-state index in [2.05, 4.69) is 58.9 Å². The summed E-state index contributed by atoms with van der Waals surface area (Å²) in [7, 11) is 0. The highest BCUT2D eigenvalue weighted by molar-refractivity contribution is 5.87. The van der Waals surface area contributed by atoms with Crippen molar-refractivity contribution in [2.75, 3.05) is 0 Å². The molecule has 5 heteroatoms. The average molecular weight is 476 g/mol. The minimum Gasteiger partial charge on any atom is -0.455 e. The molecule has 0 aliphatic heterocycles. The maximum absolute atomic E-state index is 12.1. The predicted octanol–water partition coefficient (Wildman–Crippen LogP) is 5.91. The second kappa shape index (κ2) is 11.5. The summed E-state index contributed by atoms with van der Waals surface area (Å²) in [4.78, 5) is 16.4. The Morgan fingerprint density at radius 1 is 1.06 bits per heavy atom. The molecule has 0 unspecified atom stereocenters. The van der Waals surface area contributed by atoms with Gasteiger partial charge in [-0.05, 0) is 82.4 Å². The lowest BCUT2D eigenvalue weighted by Crippen LogP contribution is -2.40. The number of carbonyl (C=O) groups is 1. The van der Waals surface area contributed by atoms with Crippen molar-refractivity contribution in [3.05, 3.63) is 71.1 Å². The molecular formula is C30H41N3O2. The Balaban J connectivity index is 1.17. The van der Waals surface area contributed by atoms with Crippen molar-refractivity contribution in [3.8, 4) is 0 Å². The summed E-state index contributed by atoms with van der Waals surface area (Å²) in [6.45, 7) is 8.65.